The number of hydrogen-bond donors (Lipinski definition) is 2. The average Bonchev–Trinajstić information content (AvgIpc) is 2.12. The summed E-state index contributed by atoms with van der Waals surface area (Å²) in [5.74, 6) is 0.732. The minimum Gasteiger partial charge on any atom is -0.339 e. The Bertz CT molecular complexity index is 253. The zero-order valence-electron chi connectivity index (χ0n) is 11.9. The van der Waals surface area contributed by atoms with E-state index in [2.05, 4.69) is 33.4 Å². The third-order valence-corrected chi connectivity index (χ3v) is 2.98. The van der Waals surface area contributed by atoms with E-state index >= 15 is 0 Å². The van der Waals surface area contributed by atoms with Gasteiger partial charge in [-0.2, -0.15) is 12.6 Å². The second-order valence-electron chi connectivity index (χ2n) is 6.62. The van der Waals surface area contributed by atoms with E-state index in [9.17, 15) is 4.79 Å². The van der Waals surface area contributed by atoms with Crippen LogP contribution in [0.15, 0.2) is 0 Å². The minimum absolute atomic E-state index is 0.0454. The van der Waals surface area contributed by atoms with Crippen molar-refractivity contribution in [2.75, 3.05) is 5.75 Å². The molecule has 0 bridgehead atoms. The summed E-state index contributed by atoms with van der Waals surface area (Å²) in [5.41, 5.74) is 5.74. The second-order valence-corrected chi connectivity index (χ2v) is 7.06. The lowest BCUT2D eigenvalue weighted by molar-refractivity contribution is 0.0760. The monoisotopic (exact) mass is 262 g/mol. The van der Waals surface area contributed by atoms with Crippen molar-refractivity contribution in [3.05, 3.63) is 0 Å². The van der Waals surface area contributed by atoms with Crippen LogP contribution in [0.2, 0.25) is 0 Å². The first-order valence-electron chi connectivity index (χ1n) is 6.09. The zero-order chi connectivity index (χ0) is 13.9. The molecule has 0 heterocycles. The quantitative estimate of drug-likeness (QED) is 0.465. The Kier molecular flexibility index (Phi) is 6.02. The fraction of sp³-hybridized carbons (Fsp3) is 0.923. The van der Waals surface area contributed by atoms with Crippen molar-refractivity contribution < 1.29 is 9.53 Å². The second kappa shape index (κ2) is 6.10. The van der Waals surface area contributed by atoms with Gasteiger partial charge in [-0.05, 0) is 31.9 Å². The molecule has 0 aliphatic carbocycles. The van der Waals surface area contributed by atoms with Crippen LogP contribution in [0.25, 0.3) is 0 Å². The molecule has 3 nitrogen and oxygen atoms in total. The summed E-state index contributed by atoms with van der Waals surface area (Å²) >= 11 is 4.22. The van der Waals surface area contributed by atoms with Crippen molar-refractivity contribution in [2.24, 2.45) is 16.6 Å². The largest absolute Gasteiger partial charge is 0.488 e. The van der Waals surface area contributed by atoms with Crippen LogP contribution in [0.5, 0.6) is 0 Å². The molecule has 0 spiro atoms. The van der Waals surface area contributed by atoms with Crippen molar-refractivity contribution in [3.8, 4) is 0 Å². The summed E-state index contributed by atoms with van der Waals surface area (Å²) in [4.78, 5) is 9.91. The van der Waals surface area contributed by atoms with Gasteiger partial charge in [0.15, 0.2) is 0 Å². The first kappa shape index (κ1) is 16.8. The lowest BCUT2D eigenvalue weighted by atomic mass is 9.83. The van der Waals surface area contributed by atoms with E-state index < -0.39 is 0 Å². The molecule has 0 aliphatic rings. The van der Waals surface area contributed by atoms with Crippen molar-refractivity contribution in [3.63, 3.8) is 0 Å². The Morgan fingerprint density at radius 2 is 1.71 bits per heavy atom. The van der Waals surface area contributed by atoms with Crippen LogP contribution >= 0.6 is 12.6 Å². The Morgan fingerprint density at radius 1 is 1.24 bits per heavy atom. The normalized spacial score (nSPS) is 16.5. The number of rotatable bonds is 4. The highest BCUT2D eigenvalue weighted by Gasteiger charge is 2.40. The van der Waals surface area contributed by atoms with Gasteiger partial charge in [-0.15, -0.1) is 0 Å². The summed E-state index contributed by atoms with van der Waals surface area (Å²) in [6, 6.07) is -0.140. The predicted molar refractivity (Wildman–Crippen MR) is 77.2 cm³/mol. The molecule has 0 fully saturated rings. The molecule has 0 aliphatic heterocycles. The maximum absolute atomic E-state index is 9.91. The van der Waals surface area contributed by atoms with Gasteiger partial charge in [0.25, 0.3) is 0 Å². The zero-order valence-corrected chi connectivity index (χ0v) is 12.8. The molecule has 0 saturated heterocycles. The minimum atomic E-state index is -0.382. The van der Waals surface area contributed by atoms with Gasteiger partial charge in [0.05, 0.1) is 6.04 Å². The Balaban J connectivity index is 4.71. The van der Waals surface area contributed by atoms with Crippen LogP contribution in [-0.2, 0) is 4.74 Å². The predicted octanol–water partition coefficient (Wildman–Crippen LogP) is 2.61. The fourth-order valence-electron chi connectivity index (χ4n) is 1.32. The molecule has 2 unspecified atom stereocenters. The molecule has 17 heavy (non-hydrogen) atoms. The summed E-state index contributed by atoms with van der Waals surface area (Å²) in [6.45, 7) is 11.9. The maximum atomic E-state index is 9.91. The summed E-state index contributed by atoms with van der Waals surface area (Å²) < 4.78 is 5.64. The van der Waals surface area contributed by atoms with E-state index in [1.807, 2.05) is 20.8 Å². The fourth-order valence-corrected chi connectivity index (χ4v) is 1.57. The molecule has 2 atom stereocenters. The molecule has 102 valence electrons. The van der Waals surface area contributed by atoms with E-state index in [0.717, 1.165) is 6.42 Å². The Hall–Kier alpha value is -0.220. The van der Waals surface area contributed by atoms with Gasteiger partial charge in [0.2, 0.25) is 6.10 Å². The molecule has 0 saturated carbocycles. The summed E-state index contributed by atoms with van der Waals surface area (Å²) in [6.07, 6.45) is 0.522. The molecular formula is C13H28NO2S+. The average molecular weight is 262 g/mol. The molecule has 4 heteroatoms. The molecule has 0 rings (SSSR count). The number of carbonyl (C=O) groups excluding carboxylic acids is 1. The van der Waals surface area contributed by atoms with Crippen molar-refractivity contribution in [2.45, 2.75) is 60.1 Å². The highest BCUT2D eigenvalue weighted by molar-refractivity contribution is 7.80. The highest BCUT2D eigenvalue weighted by atomic mass is 32.1. The lowest BCUT2D eigenvalue weighted by Crippen LogP contribution is -2.48. The van der Waals surface area contributed by atoms with Gasteiger partial charge in [0, 0.05) is 6.42 Å². The highest BCUT2D eigenvalue weighted by Crippen LogP contribution is 2.25. The van der Waals surface area contributed by atoms with E-state index in [-0.39, 0.29) is 28.9 Å². The maximum Gasteiger partial charge on any atom is 0.488 e. The van der Waals surface area contributed by atoms with Crippen LogP contribution in [0, 0.1) is 10.8 Å². The van der Waals surface area contributed by atoms with Crippen LogP contribution in [-0.4, -0.2) is 28.7 Å². The number of hydrogen-bond acceptors (Lipinski definition) is 3. The van der Waals surface area contributed by atoms with E-state index in [1.165, 1.54) is 0 Å². The van der Waals surface area contributed by atoms with Crippen molar-refractivity contribution in [1.29, 1.82) is 0 Å². The van der Waals surface area contributed by atoms with Crippen LogP contribution in [0.3, 0.4) is 0 Å². The molecular weight excluding hydrogens is 234 g/mol. The first-order valence-corrected chi connectivity index (χ1v) is 6.73. The molecule has 0 aromatic heterocycles. The topological polar surface area (TPSA) is 56.6 Å². The molecule has 0 amide bonds. The molecule has 0 aromatic rings. The molecule has 3 N–H and O–H groups in total. The van der Waals surface area contributed by atoms with Gasteiger partial charge in [-0.1, -0.05) is 20.8 Å². The number of nitrogens with two attached hydrogens (primary N) is 1. The lowest BCUT2D eigenvalue weighted by Gasteiger charge is -2.30. The Morgan fingerprint density at radius 3 is 2.00 bits per heavy atom. The molecule has 0 aromatic carbocycles. The van der Waals surface area contributed by atoms with E-state index in [0.29, 0.717) is 5.75 Å². The SMILES string of the molecule is CC(C)(C)C(=[OH+])OC(CCS)C(N)C(C)(C)C. The van der Waals surface area contributed by atoms with Crippen molar-refractivity contribution in [1.82, 2.24) is 0 Å². The van der Waals surface area contributed by atoms with Crippen LogP contribution in [0.4, 0.5) is 0 Å². The van der Waals surface area contributed by atoms with E-state index in [1.54, 1.807) is 0 Å². The van der Waals surface area contributed by atoms with E-state index in [4.69, 9.17) is 10.5 Å². The third kappa shape index (κ3) is 5.77. The summed E-state index contributed by atoms with van der Waals surface area (Å²) in [5, 5.41) is 0. The van der Waals surface area contributed by atoms with Crippen LogP contribution < -0.4 is 5.73 Å². The first-order chi connectivity index (χ1) is 7.50. The van der Waals surface area contributed by atoms with Crippen LogP contribution in [0.1, 0.15) is 48.0 Å². The van der Waals surface area contributed by atoms with Gasteiger partial charge in [-0.25, -0.2) is 0 Å². The number of thiol groups is 1. The summed E-state index contributed by atoms with van der Waals surface area (Å²) in [7, 11) is 0. The van der Waals surface area contributed by atoms with Gasteiger partial charge in [0.1, 0.15) is 5.41 Å². The van der Waals surface area contributed by atoms with Gasteiger partial charge in [-0.3, -0.25) is 0 Å². The number of esters is 1. The number of ether oxygens (including phenoxy) is 1. The van der Waals surface area contributed by atoms with Gasteiger partial charge >= 0.3 is 5.97 Å². The van der Waals surface area contributed by atoms with Crippen molar-refractivity contribution >= 4 is 18.6 Å². The smallest absolute Gasteiger partial charge is 0.339 e. The Labute approximate surface area is 111 Å². The van der Waals surface area contributed by atoms with Gasteiger partial charge < -0.3 is 15.3 Å². The standard InChI is InChI=1S/C13H27NO2S/c1-12(2,3)10(14)9(7-8-17)16-11(15)13(4,5)6/h9-10,17H,7-8,14H2,1-6H3/p+1. The third-order valence-electron chi connectivity index (χ3n) is 2.72. The molecule has 0 radical (unpaired) electrons.